The Balaban J connectivity index is 2.80. The fourth-order valence-corrected chi connectivity index (χ4v) is 1.12. The Labute approximate surface area is 104 Å². The van der Waals surface area contributed by atoms with Gasteiger partial charge in [0.25, 0.3) is 0 Å². The van der Waals surface area contributed by atoms with Gasteiger partial charge >= 0.3 is 5.97 Å². The number of allylic oxidation sites excluding steroid dienone is 1. The molecular weight excluding hydrogens is 238 g/mol. The second-order valence-electron chi connectivity index (χ2n) is 3.20. The van der Waals surface area contributed by atoms with E-state index in [9.17, 15) is 14.7 Å². The highest BCUT2D eigenvalue weighted by atomic mass is 16.5. The van der Waals surface area contributed by atoms with E-state index in [0.717, 1.165) is 6.08 Å². The number of hydrogen-bond acceptors (Lipinski definition) is 6. The molecule has 0 aliphatic heterocycles. The van der Waals surface area contributed by atoms with Crippen molar-refractivity contribution in [2.24, 2.45) is 0 Å². The van der Waals surface area contributed by atoms with Crippen molar-refractivity contribution in [2.45, 2.75) is 6.92 Å². The topological polar surface area (TPSA) is 85.7 Å². The molecular formula is C12H13NO5. The summed E-state index contributed by atoms with van der Waals surface area (Å²) in [7, 11) is 1.45. The maximum Gasteiger partial charge on any atom is 0.373 e. The minimum Gasteiger partial charge on any atom is -0.502 e. The van der Waals surface area contributed by atoms with E-state index in [4.69, 9.17) is 4.74 Å². The molecule has 0 aliphatic carbocycles. The zero-order valence-corrected chi connectivity index (χ0v) is 10.0. The average Bonchev–Trinajstić information content (AvgIpc) is 2.39. The summed E-state index contributed by atoms with van der Waals surface area (Å²) in [5, 5.41) is 9.30. The molecule has 96 valence electrons. The summed E-state index contributed by atoms with van der Waals surface area (Å²) < 4.78 is 9.37. The molecule has 0 aliphatic rings. The van der Waals surface area contributed by atoms with E-state index in [2.05, 4.69) is 9.72 Å². The van der Waals surface area contributed by atoms with Gasteiger partial charge in [-0.3, -0.25) is 4.79 Å². The fourth-order valence-electron chi connectivity index (χ4n) is 1.12. The predicted octanol–water partition coefficient (Wildman–Crippen LogP) is 1.28. The molecule has 0 atom stereocenters. The number of aromatic nitrogens is 1. The minimum atomic E-state index is -0.938. The highest BCUT2D eigenvalue weighted by Gasteiger charge is 2.12. The molecule has 6 heteroatoms. The molecule has 0 spiro atoms. The first-order chi connectivity index (χ1) is 8.58. The molecule has 0 aromatic carbocycles. The molecule has 0 radical (unpaired) electrons. The van der Waals surface area contributed by atoms with Gasteiger partial charge in [0.1, 0.15) is 0 Å². The SMILES string of the molecule is CCOC(=O)/C(O)=C/C(=O)c1ccc(OC)nc1. The lowest BCUT2D eigenvalue weighted by Crippen LogP contribution is -2.09. The van der Waals surface area contributed by atoms with E-state index < -0.39 is 17.5 Å². The van der Waals surface area contributed by atoms with Gasteiger partial charge in [-0.25, -0.2) is 9.78 Å². The Morgan fingerprint density at radius 1 is 1.44 bits per heavy atom. The van der Waals surface area contributed by atoms with Gasteiger partial charge in [-0.15, -0.1) is 0 Å². The Kier molecular flexibility index (Phi) is 4.86. The highest BCUT2D eigenvalue weighted by molar-refractivity contribution is 6.07. The number of esters is 1. The van der Waals surface area contributed by atoms with Crippen LogP contribution in [0.1, 0.15) is 17.3 Å². The quantitative estimate of drug-likeness (QED) is 0.367. The first kappa shape index (κ1) is 13.7. The molecule has 18 heavy (non-hydrogen) atoms. The normalized spacial score (nSPS) is 10.9. The lowest BCUT2D eigenvalue weighted by Gasteiger charge is -2.01. The van der Waals surface area contributed by atoms with Gasteiger partial charge in [0.2, 0.25) is 11.6 Å². The number of carbonyl (C=O) groups excluding carboxylic acids is 2. The number of nitrogens with zero attached hydrogens (tertiary/aromatic N) is 1. The number of aliphatic hydroxyl groups excluding tert-OH is 1. The van der Waals surface area contributed by atoms with Gasteiger partial charge in [-0.2, -0.15) is 0 Å². The molecule has 0 unspecified atom stereocenters. The summed E-state index contributed by atoms with van der Waals surface area (Å²) in [6.07, 6.45) is 2.08. The number of hydrogen-bond donors (Lipinski definition) is 1. The van der Waals surface area contributed by atoms with Crippen LogP contribution in [0.4, 0.5) is 0 Å². The van der Waals surface area contributed by atoms with Crippen molar-refractivity contribution in [1.29, 1.82) is 0 Å². The van der Waals surface area contributed by atoms with Gasteiger partial charge in [0, 0.05) is 23.9 Å². The van der Waals surface area contributed by atoms with E-state index in [1.165, 1.54) is 25.4 Å². The van der Waals surface area contributed by atoms with Crippen molar-refractivity contribution in [3.05, 3.63) is 35.7 Å². The summed E-state index contributed by atoms with van der Waals surface area (Å²) in [4.78, 5) is 26.6. The Bertz CT molecular complexity index is 464. The maximum atomic E-state index is 11.6. The Hall–Kier alpha value is -2.37. The third-order valence-corrected chi connectivity index (χ3v) is 1.98. The van der Waals surface area contributed by atoms with Crippen LogP contribution in [0.15, 0.2) is 30.2 Å². The fraction of sp³-hybridized carbons (Fsp3) is 0.250. The summed E-state index contributed by atoms with van der Waals surface area (Å²) in [6, 6.07) is 2.98. The molecule has 1 aromatic heterocycles. The van der Waals surface area contributed by atoms with E-state index in [1.54, 1.807) is 6.92 Å². The summed E-state index contributed by atoms with van der Waals surface area (Å²) >= 11 is 0. The summed E-state index contributed by atoms with van der Waals surface area (Å²) in [5.41, 5.74) is 0.228. The summed E-state index contributed by atoms with van der Waals surface area (Å²) in [5.74, 6) is -1.86. The van der Waals surface area contributed by atoms with E-state index in [0.29, 0.717) is 5.88 Å². The lowest BCUT2D eigenvalue weighted by molar-refractivity contribution is -0.141. The molecule has 0 saturated heterocycles. The number of methoxy groups -OCH3 is 1. The van der Waals surface area contributed by atoms with Crippen LogP contribution in [0, 0.1) is 0 Å². The van der Waals surface area contributed by atoms with Gasteiger partial charge in [0.05, 0.1) is 13.7 Å². The van der Waals surface area contributed by atoms with Crippen LogP contribution in [0.25, 0.3) is 0 Å². The second kappa shape index (κ2) is 6.39. The number of rotatable bonds is 5. The minimum absolute atomic E-state index is 0.120. The maximum absolute atomic E-state index is 11.6. The molecule has 0 saturated carbocycles. The van der Waals surface area contributed by atoms with E-state index >= 15 is 0 Å². The molecule has 0 amide bonds. The standard InChI is InChI=1S/C12H13NO5/c1-3-18-12(16)10(15)6-9(14)8-4-5-11(17-2)13-7-8/h4-7,15H,3H2,1-2H3/b10-6-. The molecule has 1 aromatic rings. The number of ether oxygens (including phenoxy) is 2. The van der Waals surface area contributed by atoms with Crippen molar-refractivity contribution in [2.75, 3.05) is 13.7 Å². The van der Waals surface area contributed by atoms with Crippen molar-refractivity contribution in [1.82, 2.24) is 4.98 Å². The number of aliphatic hydroxyl groups is 1. The molecule has 1 N–H and O–H groups in total. The van der Waals surface area contributed by atoms with Crippen molar-refractivity contribution in [3.63, 3.8) is 0 Å². The molecule has 0 bridgehead atoms. The van der Waals surface area contributed by atoms with Gasteiger partial charge in [0.15, 0.2) is 5.78 Å². The van der Waals surface area contributed by atoms with E-state index in [-0.39, 0.29) is 12.2 Å². The number of carbonyl (C=O) groups is 2. The molecule has 1 heterocycles. The highest BCUT2D eigenvalue weighted by Crippen LogP contribution is 2.08. The third kappa shape index (κ3) is 3.58. The van der Waals surface area contributed by atoms with Crippen molar-refractivity contribution in [3.8, 4) is 5.88 Å². The zero-order chi connectivity index (χ0) is 13.5. The average molecular weight is 251 g/mol. The van der Waals surface area contributed by atoms with Crippen LogP contribution in [0.2, 0.25) is 0 Å². The zero-order valence-electron chi connectivity index (χ0n) is 10.0. The van der Waals surface area contributed by atoms with Crippen LogP contribution in [-0.4, -0.2) is 35.6 Å². The largest absolute Gasteiger partial charge is 0.502 e. The van der Waals surface area contributed by atoms with Crippen molar-refractivity contribution >= 4 is 11.8 Å². The first-order valence-corrected chi connectivity index (χ1v) is 5.20. The molecule has 6 nitrogen and oxygen atoms in total. The second-order valence-corrected chi connectivity index (χ2v) is 3.20. The predicted molar refractivity (Wildman–Crippen MR) is 62.5 cm³/mol. The monoisotopic (exact) mass is 251 g/mol. The van der Waals surface area contributed by atoms with Gasteiger partial charge < -0.3 is 14.6 Å². The van der Waals surface area contributed by atoms with Crippen LogP contribution in [-0.2, 0) is 9.53 Å². The number of ketones is 1. The van der Waals surface area contributed by atoms with Crippen LogP contribution in [0.5, 0.6) is 5.88 Å². The van der Waals surface area contributed by atoms with E-state index in [1.807, 2.05) is 0 Å². The smallest absolute Gasteiger partial charge is 0.373 e. The molecule has 1 rings (SSSR count). The lowest BCUT2D eigenvalue weighted by atomic mass is 10.2. The third-order valence-electron chi connectivity index (χ3n) is 1.98. The molecule has 0 fully saturated rings. The van der Waals surface area contributed by atoms with Crippen LogP contribution >= 0.6 is 0 Å². The summed E-state index contributed by atoms with van der Waals surface area (Å²) in [6.45, 7) is 1.72. The van der Waals surface area contributed by atoms with Crippen molar-refractivity contribution < 1.29 is 24.2 Å². The Morgan fingerprint density at radius 2 is 2.17 bits per heavy atom. The van der Waals surface area contributed by atoms with Gasteiger partial charge in [-0.1, -0.05) is 0 Å². The Morgan fingerprint density at radius 3 is 2.67 bits per heavy atom. The first-order valence-electron chi connectivity index (χ1n) is 5.20. The number of pyridine rings is 1. The van der Waals surface area contributed by atoms with Crippen LogP contribution in [0.3, 0.4) is 0 Å². The van der Waals surface area contributed by atoms with Crippen LogP contribution < -0.4 is 4.74 Å². The van der Waals surface area contributed by atoms with Gasteiger partial charge in [-0.05, 0) is 13.0 Å².